The Balaban J connectivity index is 1.75. The number of aromatic amines is 2. The zero-order chi connectivity index (χ0) is 14.8. The van der Waals surface area contributed by atoms with Gasteiger partial charge in [-0.3, -0.25) is 19.3 Å². The molecule has 1 aliphatic rings. The Morgan fingerprint density at radius 2 is 2.29 bits per heavy atom. The maximum absolute atomic E-state index is 12.0. The smallest absolute Gasteiger partial charge is 0.326 e. The van der Waals surface area contributed by atoms with Crippen LogP contribution in [0.15, 0.2) is 28.0 Å². The van der Waals surface area contributed by atoms with Crippen LogP contribution in [0.4, 0.5) is 5.69 Å². The van der Waals surface area contributed by atoms with Crippen LogP contribution in [0.25, 0.3) is 0 Å². The normalized spacial score (nSPS) is 17.8. The first-order valence-electron chi connectivity index (χ1n) is 6.39. The summed E-state index contributed by atoms with van der Waals surface area (Å²) < 4.78 is 7.00. The first kappa shape index (κ1) is 13.3. The lowest BCUT2D eigenvalue weighted by molar-refractivity contribution is 0.102. The molecule has 3 N–H and O–H groups in total. The molecule has 9 heteroatoms. The van der Waals surface area contributed by atoms with Gasteiger partial charge in [0.25, 0.3) is 11.5 Å². The molecule has 1 aliphatic heterocycles. The van der Waals surface area contributed by atoms with E-state index in [-0.39, 0.29) is 11.7 Å². The van der Waals surface area contributed by atoms with E-state index in [1.54, 1.807) is 10.9 Å². The molecule has 21 heavy (non-hydrogen) atoms. The molecule has 0 radical (unpaired) electrons. The van der Waals surface area contributed by atoms with Gasteiger partial charge in [0.15, 0.2) is 0 Å². The zero-order valence-corrected chi connectivity index (χ0v) is 11.0. The van der Waals surface area contributed by atoms with E-state index in [1.165, 1.54) is 6.20 Å². The van der Waals surface area contributed by atoms with Gasteiger partial charge < -0.3 is 15.0 Å². The molecule has 0 spiro atoms. The van der Waals surface area contributed by atoms with E-state index in [2.05, 4.69) is 15.4 Å². The number of rotatable bonds is 3. The van der Waals surface area contributed by atoms with Gasteiger partial charge in [0, 0.05) is 18.9 Å². The number of hydrogen-bond acceptors (Lipinski definition) is 5. The molecule has 2 aromatic rings. The summed E-state index contributed by atoms with van der Waals surface area (Å²) in [5.41, 5.74) is -0.997. The highest BCUT2D eigenvalue weighted by Gasteiger charge is 2.18. The zero-order valence-electron chi connectivity index (χ0n) is 11.0. The van der Waals surface area contributed by atoms with Crippen molar-refractivity contribution in [1.29, 1.82) is 0 Å². The molecule has 1 fully saturated rings. The number of H-pyrrole nitrogens is 2. The SMILES string of the molecule is O=C(Nc1cnn([C@H]2CCOC2)c1)c1cc(=O)[nH]c(=O)[nH]1. The monoisotopic (exact) mass is 291 g/mol. The predicted molar refractivity (Wildman–Crippen MR) is 72.3 cm³/mol. The van der Waals surface area contributed by atoms with E-state index in [0.29, 0.717) is 18.9 Å². The molecule has 1 saturated heterocycles. The Labute approximate surface area is 118 Å². The molecular formula is C12H13N5O4. The van der Waals surface area contributed by atoms with E-state index in [0.717, 1.165) is 12.5 Å². The molecule has 2 aromatic heterocycles. The van der Waals surface area contributed by atoms with Crippen molar-refractivity contribution in [1.82, 2.24) is 19.7 Å². The Hall–Kier alpha value is -2.68. The highest BCUT2D eigenvalue weighted by molar-refractivity contribution is 6.02. The number of amides is 1. The molecule has 1 atom stereocenters. The van der Waals surface area contributed by atoms with Gasteiger partial charge in [-0.1, -0.05) is 0 Å². The highest BCUT2D eigenvalue weighted by atomic mass is 16.5. The summed E-state index contributed by atoms with van der Waals surface area (Å²) in [5.74, 6) is -0.583. The first-order valence-corrected chi connectivity index (χ1v) is 6.39. The second-order valence-electron chi connectivity index (χ2n) is 4.68. The van der Waals surface area contributed by atoms with Crippen LogP contribution in [0.3, 0.4) is 0 Å². The number of nitrogens with one attached hydrogen (secondary N) is 3. The third kappa shape index (κ3) is 2.92. The van der Waals surface area contributed by atoms with E-state index >= 15 is 0 Å². The quantitative estimate of drug-likeness (QED) is 0.702. The van der Waals surface area contributed by atoms with Crippen molar-refractivity contribution >= 4 is 11.6 Å². The van der Waals surface area contributed by atoms with Crippen molar-refractivity contribution in [2.45, 2.75) is 12.5 Å². The molecular weight excluding hydrogens is 278 g/mol. The summed E-state index contributed by atoms with van der Waals surface area (Å²) in [6.45, 7) is 1.29. The Morgan fingerprint density at radius 3 is 3.00 bits per heavy atom. The highest BCUT2D eigenvalue weighted by Crippen LogP contribution is 2.19. The van der Waals surface area contributed by atoms with Crippen LogP contribution < -0.4 is 16.6 Å². The molecule has 0 aromatic carbocycles. The molecule has 0 unspecified atom stereocenters. The lowest BCUT2D eigenvalue weighted by Crippen LogP contribution is -2.27. The second-order valence-corrected chi connectivity index (χ2v) is 4.68. The Kier molecular flexibility index (Phi) is 3.40. The van der Waals surface area contributed by atoms with Crippen LogP contribution in [0.1, 0.15) is 23.0 Å². The van der Waals surface area contributed by atoms with Crippen LogP contribution in [-0.2, 0) is 4.74 Å². The van der Waals surface area contributed by atoms with Crippen LogP contribution >= 0.6 is 0 Å². The standard InChI is InChI=1S/C12H13N5O4/c18-10-3-9(15-12(20)16-10)11(19)14-7-4-13-17(5-7)8-1-2-21-6-8/h3-5,8H,1-2,6H2,(H,14,19)(H2,15,16,18,20)/t8-/m0/s1. The van der Waals surface area contributed by atoms with E-state index in [4.69, 9.17) is 4.74 Å². The first-order chi connectivity index (χ1) is 10.1. The average Bonchev–Trinajstić information content (AvgIpc) is 3.07. The summed E-state index contributed by atoms with van der Waals surface area (Å²) in [6, 6.07) is 1.18. The van der Waals surface area contributed by atoms with Crippen LogP contribution in [0, 0.1) is 0 Å². The molecule has 0 aliphatic carbocycles. The lowest BCUT2D eigenvalue weighted by atomic mass is 10.3. The van der Waals surface area contributed by atoms with Crippen molar-refractivity contribution in [2.75, 3.05) is 18.5 Å². The summed E-state index contributed by atoms with van der Waals surface area (Å²) >= 11 is 0. The van der Waals surface area contributed by atoms with Crippen LogP contribution in [0.5, 0.6) is 0 Å². The maximum atomic E-state index is 12.0. The van der Waals surface area contributed by atoms with Crippen LogP contribution in [-0.4, -0.2) is 38.9 Å². The van der Waals surface area contributed by atoms with E-state index in [1.807, 2.05) is 4.98 Å². The molecule has 0 bridgehead atoms. The van der Waals surface area contributed by atoms with Gasteiger partial charge in [0.1, 0.15) is 5.69 Å². The fourth-order valence-electron chi connectivity index (χ4n) is 2.12. The summed E-state index contributed by atoms with van der Waals surface area (Å²) in [7, 11) is 0. The average molecular weight is 291 g/mol. The van der Waals surface area contributed by atoms with Gasteiger partial charge >= 0.3 is 5.69 Å². The topological polar surface area (TPSA) is 122 Å². The molecule has 1 amide bonds. The number of carbonyl (C=O) groups excluding carboxylic acids is 1. The van der Waals surface area contributed by atoms with Gasteiger partial charge in [-0.25, -0.2) is 4.79 Å². The number of carbonyl (C=O) groups is 1. The summed E-state index contributed by atoms with van der Waals surface area (Å²) in [5, 5.41) is 6.73. The second kappa shape index (κ2) is 5.37. The van der Waals surface area contributed by atoms with E-state index in [9.17, 15) is 14.4 Å². The molecule has 110 valence electrons. The van der Waals surface area contributed by atoms with Gasteiger partial charge in [-0.2, -0.15) is 5.10 Å². The van der Waals surface area contributed by atoms with Crippen molar-refractivity contribution in [2.24, 2.45) is 0 Å². The Morgan fingerprint density at radius 1 is 1.43 bits per heavy atom. The van der Waals surface area contributed by atoms with Gasteiger partial charge in [-0.15, -0.1) is 0 Å². The van der Waals surface area contributed by atoms with Crippen molar-refractivity contribution < 1.29 is 9.53 Å². The number of aromatic nitrogens is 4. The minimum atomic E-state index is -0.730. The fourth-order valence-corrected chi connectivity index (χ4v) is 2.12. The Bertz CT molecular complexity index is 740. The third-order valence-electron chi connectivity index (χ3n) is 3.14. The molecule has 3 rings (SSSR count). The van der Waals surface area contributed by atoms with Crippen molar-refractivity contribution in [3.8, 4) is 0 Å². The van der Waals surface area contributed by atoms with Crippen molar-refractivity contribution in [3.05, 3.63) is 45.0 Å². The van der Waals surface area contributed by atoms with Crippen LogP contribution in [0.2, 0.25) is 0 Å². The maximum Gasteiger partial charge on any atom is 0.326 e. The number of hydrogen-bond donors (Lipinski definition) is 3. The predicted octanol–water partition coefficient (Wildman–Crippen LogP) is -0.527. The van der Waals surface area contributed by atoms with Gasteiger partial charge in [-0.05, 0) is 6.42 Å². The summed E-state index contributed by atoms with van der Waals surface area (Å²) in [6.07, 6.45) is 4.06. The molecule has 9 nitrogen and oxygen atoms in total. The number of anilines is 1. The van der Waals surface area contributed by atoms with Gasteiger partial charge in [0.2, 0.25) is 0 Å². The summed E-state index contributed by atoms with van der Waals surface area (Å²) in [4.78, 5) is 38.5. The largest absolute Gasteiger partial charge is 0.379 e. The minimum absolute atomic E-state index is 0.110. The molecule has 3 heterocycles. The van der Waals surface area contributed by atoms with Crippen molar-refractivity contribution in [3.63, 3.8) is 0 Å². The number of ether oxygens (including phenoxy) is 1. The van der Waals surface area contributed by atoms with E-state index < -0.39 is 17.2 Å². The minimum Gasteiger partial charge on any atom is -0.379 e. The number of nitrogens with zero attached hydrogens (tertiary/aromatic N) is 2. The van der Waals surface area contributed by atoms with Gasteiger partial charge in [0.05, 0.1) is 24.5 Å². The fraction of sp³-hybridized carbons (Fsp3) is 0.333. The third-order valence-corrected chi connectivity index (χ3v) is 3.14. The molecule has 0 saturated carbocycles. The lowest BCUT2D eigenvalue weighted by Gasteiger charge is -2.06.